The molecule has 138 valence electrons. The molecule has 1 atom stereocenters. The number of carbonyl (C=O) groups is 1. The van der Waals surface area contributed by atoms with Crippen LogP contribution in [0.2, 0.25) is 0 Å². The molecule has 5 nitrogen and oxygen atoms in total. The molecular weight excluding hydrogens is 328 g/mol. The predicted octanol–water partition coefficient (Wildman–Crippen LogP) is 4.08. The Balaban J connectivity index is 1.72. The van der Waals surface area contributed by atoms with Gasteiger partial charge in [0.05, 0.1) is 6.54 Å². The van der Waals surface area contributed by atoms with Crippen LogP contribution in [0.5, 0.6) is 5.75 Å². The molecule has 1 aliphatic heterocycles. The molecule has 1 aliphatic rings. The lowest BCUT2D eigenvalue weighted by Crippen LogP contribution is -2.41. The van der Waals surface area contributed by atoms with Gasteiger partial charge >= 0.3 is 5.97 Å². The molecule has 1 saturated heterocycles. The van der Waals surface area contributed by atoms with Crippen LogP contribution in [-0.4, -0.2) is 35.7 Å². The van der Waals surface area contributed by atoms with Gasteiger partial charge in [-0.3, -0.25) is 0 Å². The van der Waals surface area contributed by atoms with E-state index < -0.39 is 5.60 Å². The summed E-state index contributed by atoms with van der Waals surface area (Å²) >= 11 is 0. The van der Waals surface area contributed by atoms with Gasteiger partial charge in [0.1, 0.15) is 28.8 Å². The molecule has 0 aliphatic carbocycles. The van der Waals surface area contributed by atoms with Gasteiger partial charge in [-0.25, -0.2) is 9.78 Å². The van der Waals surface area contributed by atoms with Crippen molar-refractivity contribution in [2.75, 3.05) is 18.0 Å². The first-order valence-electron chi connectivity index (χ1n) is 9.07. The molecule has 1 unspecified atom stereocenters. The van der Waals surface area contributed by atoms with Gasteiger partial charge in [-0.05, 0) is 57.9 Å². The van der Waals surface area contributed by atoms with Crippen molar-refractivity contribution in [1.29, 1.82) is 0 Å². The normalized spacial score (nSPS) is 17.7. The fourth-order valence-electron chi connectivity index (χ4n) is 3.03. The van der Waals surface area contributed by atoms with E-state index in [9.17, 15) is 4.79 Å². The fourth-order valence-corrected chi connectivity index (χ4v) is 3.03. The number of rotatable bonds is 4. The van der Waals surface area contributed by atoms with Crippen molar-refractivity contribution in [3.8, 4) is 5.75 Å². The first kappa shape index (κ1) is 18.2. The van der Waals surface area contributed by atoms with E-state index in [0.717, 1.165) is 31.7 Å². The van der Waals surface area contributed by atoms with Crippen molar-refractivity contribution in [1.82, 2.24) is 4.98 Å². The van der Waals surface area contributed by atoms with Crippen molar-refractivity contribution in [3.05, 3.63) is 54.2 Å². The lowest BCUT2D eigenvalue weighted by molar-refractivity contribution is 0.00638. The Bertz CT molecular complexity index is 740. The maximum Gasteiger partial charge on any atom is 0.342 e. The molecule has 0 bridgehead atoms. The number of ether oxygens (including phenoxy) is 2. The Morgan fingerprint density at radius 1 is 1.15 bits per heavy atom. The molecule has 1 fully saturated rings. The maximum atomic E-state index is 12.5. The lowest BCUT2D eigenvalue weighted by atomic mass is 10.1. The highest BCUT2D eigenvalue weighted by Gasteiger charge is 2.25. The largest absolute Gasteiger partial charge is 0.488 e. The molecule has 1 aromatic heterocycles. The summed E-state index contributed by atoms with van der Waals surface area (Å²) in [5.74, 6) is 1.18. The number of anilines is 1. The lowest BCUT2D eigenvalue weighted by Gasteiger charge is -2.34. The average Bonchev–Trinajstić information content (AvgIpc) is 2.62. The predicted molar refractivity (Wildman–Crippen MR) is 102 cm³/mol. The SMILES string of the molecule is CC(C)(C)OC(=O)c1ccccc1OC1CCCN(c2ccccn2)C1. The molecule has 26 heavy (non-hydrogen) atoms. The van der Waals surface area contributed by atoms with Crippen molar-refractivity contribution in [3.63, 3.8) is 0 Å². The monoisotopic (exact) mass is 354 g/mol. The Labute approximate surface area is 155 Å². The van der Waals surface area contributed by atoms with Gasteiger partial charge in [0, 0.05) is 12.7 Å². The molecular formula is C21H26N2O3. The van der Waals surface area contributed by atoms with Gasteiger partial charge in [-0.1, -0.05) is 18.2 Å². The van der Waals surface area contributed by atoms with Crippen LogP contribution < -0.4 is 9.64 Å². The zero-order valence-electron chi connectivity index (χ0n) is 15.6. The Morgan fingerprint density at radius 2 is 1.92 bits per heavy atom. The van der Waals surface area contributed by atoms with Crippen LogP contribution in [-0.2, 0) is 4.74 Å². The minimum absolute atomic E-state index is 0.00865. The molecule has 0 N–H and O–H groups in total. The third-order valence-electron chi connectivity index (χ3n) is 4.15. The number of para-hydroxylation sites is 1. The van der Waals surface area contributed by atoms with Crippen LogP contribution in [0.15, 0.2) is 48.7 Å². The Morgan fingerprint density at radius 3 is 2.65 bits per heavy atom. The van der Waals surface area contributed by atoms with Gasteiger partial charge in [0.25, 0.3) is 0 Å². The highest BCUT2D eigenvalue weighted by molar-refractivity contribution is 5.92. The number of benzene rings is 1. The summed E-state index contributed by atoms with van der Waals surface area (Å²) in [6.07, 6.45) is 3.79. The average molecular weight is 354 g/mol. The fraction of sp³-hybridized carbons (Fsp3) is 0.429. The zero-order chi connectivity index (χ0) is 18.6. The molecule has 2 heterocycles. The second-order valence-corrected chi connectivity index (χ2v) is 7.51. The first-order chi connectivity index (χ1) is 12.4. The quantitative estimate of drug-likeness (QED) is 0.774. The van der Waals surface area contributed by atoms with Crippen molar-refractivity contribution >= 4 is 11.8 Å². The molecule has 2 aromatic rings. The van der Waals surface area contributed by atoms with Crippen molar-refractivity contribution in [2.45, 2.75) is 45.3 Å². The molecule has 1 aromatic carbocycles. The number of piperidine rings is 1. The van der Waals surface area contributed by atoms with Crippen LogP contribution in [0.1, 0.15) is 44.0 Å². The minimum atomic E-state index is -0.537. The van der Waals surface area contributed by atoms with Gasteiger partial charge in [0.2, 0.25) is 0 Å². The van der Waals surface area contributed by atoms with E-state index in [2.05, 4.69) is 9.88 Å². The Kier molecular flexibility index (Phi) is 5.45. The van der Waals surface area contributed by atoms with Crippen LogP contribution in [0.4, 0.5) is 5.82 Å². The van der Waals surface area contributed by atoms with Crippen LogP contribution in [0.3, 0.4) is 0 Å². The van der Waals surface area contributed by atoms with Crippen LogP contribution >= 0.6 is 0 Å². The van der Waals surface area contributed by atoms with E-state index in [1.165, 1.54) is 0 Å². The van der Waals surface area contributed by atoms with E-state index in [0.29, 0.717) is 11.3 Å². The highest BCUT2D eigenvalue weighted by atomic mass is 16.6. The number of esters is 1. The summed E-state index contributed by atoms with van der Waals surface area (Å²) in [4.78, 5) is 19.1. The van der Waals surface area contributed by atoms with Gasteiger partial charge in [-0.2, -0.15) is 0 Å². The smallest absolute Gasteiger partial charge is 0.342 e. The Hall–Kier alpha value is -2.56. The van der Waals surface area contributed by atoms with Gasteiger partial charge in [-0.15, -0.1) is 0 Å². The molecule has 0 spiro atoms. The summed E-state index contributed by atoms with van der Waals surface area (Å²) in [6.45, 7) is 7.30. The maximum absolute atomic E-state index is 12.5. The highest BCUT2D eigenvalue weighted by Crippen LogP contribution is 2.26. The number of hydrogen-bond donors (Lipinski definition) is 0. The summed E-state index contributed by atoms with van der Waals surface area (Å²) in [5, 5.41) is 0. The number of pyridine rings is 1. The second kappa shape index (κ2) is 7.77. The summed E-state index contributed by atoms with van der Waals surface area (Å²) < 4.78 is 11.7. The van der Waals surface area contributed by atoms with E-state index in [1.54, 1.807) is 12.3 Å². The molecule has 0 saturated carbocycles. The van der Waals surface area contributed by atoms with E-state index in [4.69, 9.17) is 9.47 Å². The number of aromatic nitrogens is 1. The standard InChI is InChI=1S/C21H26N2O3/c1-21(2,3)26-20(24)17-10-4-5-11-18(17)25-16-9-8-14-23(15-16)19-12-6-7-13-22-19/h4-7,10-13,16H,8-9,14-15H2,1-3H3. The molecule has 0 amide bonds. The molecule has 0 radical (unpaired) electrons. The minimum Gasteiger partial charge on any atom is -0.488 e. The van der Waals surface area contributed by atoms with Crippen molar-refractivity contribution in [2.24, 2.45) is 0 Å². The summed E-state index contributed by atoms with van der Waals surface area (Å²) in [5.41, 5.74) is -0.0671. The number of carbonyl (C=O) groups excluding carboxylic acids is 1. The van der Waals surface area contributed by atoms with Crippen LogP contribution in [0, 0.1) is 0 Å². The third kappa shape index (κ3) is 4.75. The second-order valence-electron chi connectivity index (χ2n) is 7.51. The van der Waals surface area contributed by atoms with Gasteiger partial charge < -0.3 is 14.4 Å². The first-order valence-corrected chi connectivity index (χ1v) is 9.07. The number of nitrogens with zero attached hydrogens (tertiary/aromatic N) is 2. The van der Waals surface area contributed by atoms with E-state index >= 15 is 0 Å². The zero-order valence-corrected chi connectivity index (χ0v) is 15.6. The van der Waals surface area contributed by atoms with Gasteiger partial charge in [0.15, 0.2) is 0 Å². The van der Waals surface area contributed by atoms with E-state index in [1.807, 2.05) is 57.2 Å². The summed E-state index contributed by atoms with van der Waals surface area (Å²) in [7, 11) is 0. The van der Waals surface area contributed by atoms with E-state index in [-0.39, 0.29) is 12.1 Å². The summed E-state index contributed by atoms with van der Waals surface area (Å²) in [6, 6.07) is 13.2. The van der Waals surface area contributed by atoms with Crippen molar-refractivity contribution < 1.29 is 14.3 Å². The molecule has 3 rings (SSSR count). The topological polar surface area (TPSA) is 51.7 Å². The van der Waals surface area contributed by atoms with Crippen LogP contribution in [0.25, 0.3) is 0 Å². The third-order valence-corrected chi connectivity index (χ3v) is 4.15. The molecule has 5 heteroatoms. The number of hydrogen-bond acceptors (Lipinski definition) is 5.